The molecule has 2 aliphatic carbocycles. The molecule has 138 valence electrons. The second kappa shape index (κ2) is 8.37. The second-order valence-corrected chi connectivity index (χ2v) is 7.12. The average molecular weight is 427 g/mol. The van der Waals surface area contributed by atoms with Crippen molar-refractivity contribution in [1.29, 1.82) is 0 Å². The van der Waals surface area contributed by atoms with E-state index in [4.69, 9.17) is 19.5 Å². The van der Waals surface area contributed by atoms with Crippen molar-refractivity contribution >= 4 is 28.5 Å². The molecule has 2 aliphatic rings. The summed E-state index contributed by atoms with van der Waals surface area (Å²) in [6.45, 7) is 0. The minimum absolute atomic E-state index is 0.0805. The summed E-state index contributed by atoms with van der Waals surface area (Å²) in [7, 11) is -1.69. The van der Waals surface area contributed by atoms with Crippen molar-refractivity contribution < 1.29 is 28.3 Å². The first-order chi connectivity index (χ1) is 12.4. The predicted molar refractivity (Wildman–Crippen MR) is 97.6 cm³/mol. The molecule has 2 N–H and O–H groups in total. The molecule has 4 rings (SSSR count). The van der Waals surface area contributed by atoms with Crippen LogP contribution in [0.3, 0.4) is 0 Å². The van der Waals surface area contributed by atoms with Gasteiger partial charge in [0.2, 0.25) is 0 Å². The highest BCUT2D eigenvalue weighted by atomic mass is 79.9. The number of hydrogen-bond donors (Lipinski definition) is 2. The first-order valence-electron chi connectivity index (χ1n) is 8.36. The molecule has 0 saturated heterocycles. The number of rotatable bonds is 5. The Morgan fingerprint density at radius 2 is 1.35 bits per heavy atom. The van der Waals surface area contributed by atoms with E-state index in [9.17, 15) is 8.78 Å². The highest BCUT2D eigenvalue weighted by Gasteiger charge is 2.27. The molecule has 8 heteroatoms. The van der Waals surface area contributed by atoms with Crippen LogP contribution in [-0.2, 0) is 0 Å². The van der Waals surface area contributed by atoms with Gasteiger partial charge in [-0.1, -0.05) is 0 Å². The lowest BCUT2D eigenvalue weighted by molar-refractivity contribution is 0.300. The Morgan fingerprint density at radius 3 is 1.85 bits per heavy atom. The van der Waals surface area contributed by atoms with Gasteiger partial charge in [0.05, 0.1) is 16.7 Å². The summed E-state index contributed by atoms with van der Waals surface area (Å²) in [5, 5.41) is 17.9. The fourth-order valence-corrected chi connectivity index (χ4v) is 2.57. The predicted octanol–water partition coefficient (Wildman–Crippen LogP) is 3.18. The summed E-state index contributed by atoms with van der Waals surface area (Å²) in [5.74, 6) is 0.337. The number of hydrogen-bond acceptors (Lipinski definition) is 4. The van der Waals surface area contributed by atoms with Gasteiger partial charge in [0.25, 0.3) is 0 Å². The lowest BCUT2D eigenvalue weighted by atomic mass is 9.79. The number of benzene rings is 2. The van der Waals surface area contributed by atoms with Crippen LogP contribution in [0.2, 0.25) is 0 Å². The summed E-state index contributed by atoms with van der Waals surface area (Å²) in [6, 6.07) is 8.20. The third-order valence-electron chi connectivity index (χ3n) is 3.78. The summed E-state index contributed by atoms with van der Waals surface area (Å²) in [4.78, 5) is 0. The number of ether oxygens (including phenoxy) is 2. The molecule has 2 aromatic rings. The molecule has 0 unspecified atom stereocenters. The van der Waals surface area contributed by atoms with Crippen LogP contribution in [0.1, 0.15) is 25.7 Å². The van der Waals surface area contributed by atoms with E-state index < -0.39 is 12.9 Å². The quantitative estimate of drug-likeness (QED) is 0.721. The normalized spacial score (nSPS) is 15.7. The van der Waals surface area contributed by atoms with E-state index in [1.807, 2.05) is 0 Å². The molecule has 0 heterocycles. The Hall–Kier alpha value is -1.64. The van der Waals surface area contributed by atoms with Gasteiger partial charge in [-0.3, -0.25) is 0 Å². The topological polar surface area (TPSA) is 58.9 Å². The monoisotopic (exact) mass is 426 g/mol. The lowest BCUT2D eigenvalue weighted by Gasteiger charge is -2.09. The van der Waals surface area contributed by atoms with Crippen molar-refractivity contribution in [2.24, 2.45) is 0 Å². The van der Waals surface area contributed by atoms with Crippen LogP contribution in [0.15, 0.2) is 40.9 Å². The first-order valence-corrected chi connectivity index (χ1v) is 9.15. The van der Waals surface area contributed by atoms with Crippen LogP contribution in [0.5, 0.6) is 11.5 Å². The summed E-state index contributed by atoms with van der Waals surface area (Å²) in [5.41, 5.74) is 0.0805. The maximum atomic E-state index is 12.8. The maximum absolute atomic E-state index is 12.8. The third kappa shape index (κ3) is 5.69. The molecule has 0 aliphatic heterocycles. The Balaban J connectivity index is 0.000000152. The van der Waals surface area contributed by atoms with Gasteiger partial charge in [-0.2, -0.15) is 0 Å². The van der Waals surface area contributed by atoms with Crippen molar-refractivity contribution in [1.82, 2.24) is 0 Å². The zero-order valence-electron chi connectivity index (χ0n) is 13.9. The molecule has 2 aromatic carbocycles. The SMILES string of the molecule is Fc1ccc(OC2CC2)c(Br)c1.OB(O)c1cc(F)ccc1OC1CC1. The minimum Gasteiger partial charge on any atom is -0.491 e. The summed E-state index contributed by atoms with van der Waals surface area (Å²) in [6.07, 6.45) is 4.68. The van der Waals surface area contributed by atoms with Gasteiger partial charge in [0.15, 0.2) is 0 Å². The van der Waals surface area contributed by atoms with Crippen molar-refractivity contribution in [3.05, 3.63) is 52.5 Å². The molecule has 2 saturated carbocycles. The molecular weight excluding hydrogens is 409 g/mol. The van der Waals surface area contributed by atoms with Gasteiger partial charge in [0, 0.05) is 5.46 Å². The molecule has 0 spiro atoms. The van der Waals surface area contributed by atoms with Gasteiger partial charge in [-0.05, 0) is 78.0 Å². The van der Waals surface area contributed by atoms with Gasteiger partial charge < -0.3 is 19.5 Å². The van der Waals surface area contributed by atoms with Crippen molar-refractivity contribution in [2.75, 3.05) is 0 Å². The molecule has 0 amide bonds. The van der Waals surface area contributed by atoms with E-state index in [0.29, 0.717) is 16.3 Å². The van der Waals surface area contributed by atoms with E-state index in [0.717, 1.165) is 37.5 Å². The third-order valence-corrected chi connectivity index (χ3v) is 4.40. The Morgan fingerprint density at radius 1 is 0.846 bits per heavy atom. The van der Waals surface area contributed by atoms with Crippen LogP contribution in [0, 0.1) is 11.6 Å². The fourth-order valence-electron chi connectivity index (χ4n) is 2.13. The second-order valence-electron chi connectivity index (χ2n) is 6.26. The Labute approximate surface area is 159 Å². The van der Waals surface area contributed by atoms with Gasteiger partial charge in [-0.15, -0.1) is 0 Å². The standard InChI is InChI=1S/C9H10BFO3.C9H8BrFO/c11-6-1-4-9(14-7-2-3-7)8(5-6)10(12)13;10-8-5-6(11)1-4-9(8)12-7-2-3-7/h1,4-5,7,12-13H,2-3H2;1,4-5,7H,2-3H2. The van der Waals surface area contributed by atoms with Crippen LogP contribution >= 0.6 is 15.9 Å². The molecule has 0 atom stereocenters. The Bertz CT molecular complexity index is 767. The summed E-state index contributed by atoms with van der Waals surface area (Å²) >= 11 is 3.24. The maximum Gasteiger partial charge on any atom is 0.492 e. The largest absolute Gasteiger partial charge is 0.492 e. The lowest BCUT2D eigenvalue weighted by Crippen LogP contribution is -2.32. The van der Waals surface area contributed by atoms with Crippen molar-refractivity contribution in [3.8, 4) is 11.5 Å². The fraction of sp³-hybridized carbons (Fsp3) is 0.333. The smallest absolute Gasteiger partial charge is 0.491 e. The van der Waals surface area contributed by atoms with Crippen molar-refractivity contribution in [2.45, 2.75) is 37.9 Å². The summed E-state index contributed by atoms with van der Waals surface area (Å²) < 4.78 is 37.0. The first kappa shape index (κ1) is 19.1. The molecule has 0 radical (unpaired) electrons. The van der Waals surface area contributed by atoms with E-state index in [1.54, 1.807) is 6.07 Å². The Kier molecular flexibility index (Phi) is 6.16. The highest BCUT2D eigenvalue weighted by Crippen LogP contribution is 2.32. The zero-order valence-corrected chi connectivity index (χ0v) is 15.5. The van der Waals surface area contributed by atoms with Crippen LogP contribution in [0.25, 0.3) is 0 Å². The van der Waals surface area contributed by atoms with Crippen LogP contribution < -0.4 is 14.9 Å². The van der Waals surface area contributed by atoms with E-state index >= 15 is 0 Å². The zero-order chi connectivity index (χ0) is 18.7. The van der Waals surface area contributed by atoms with Crippen LogP contribution in [0.4, 0.5) is 8.78 Å². The van der Waals surface area contributed by atoms with Gasteiger partial charge in [-0.25, -0.2) is 8.78 Å². The van der Waals surface area contributed by atoms with Gasteiger partial charge >= 0.3 is 7.12 Å². The van der Waals surface area contributed by atoms with E-state index in [-0.39, 0.29) is 17.4 Å². The highest BCUT2D eigenvalue weighted by molar-refractivity contribution is 9.10. The van der Waals surface area contributed by atoms with E-state index in [2.05, 4.69) is 15.9 Å². The molecule has 0 aromatic heterocycles. The number of halogens is 3. The van der Waals surface area contributed by atoms with Crippen LogP contribution in [-0.4, -0.2) is 29.4 Å². The minimum atomic E-state index is -1.69. The molecular formula is C18H18BBrF2O4. The molecule has 0 bridgehead atoms. The van der Waals surface area contributed by atoms with E-state index in [1.165, 1.54) is 24.3 Å². The average Bonchev–Trinajstić information content (AvgIpc) is 3.48. The molecule has 26 heavy (non-hydrogen) atoms. The molecule has 4 nitrogen and oxygen atoms in total. The van der Waals surface area contributed by atoms with Gasteiger partial charge in [0.1, 0.15) is 23.1 Å². The molecule has 2 fully saturated rings. The van der Waals surface area contributed by atoms with Crippen molar-refractivity contribution in [3.63, 3.8) is 0 Å².